The Bertz CT molecular complexity index is 1100. The average molecular weight is 460 g/mol. The summed E-state index contributed by atoms with van der Waals surface area (Å²) in [6.07, 6.45) is 0.235. The highest BCUT2D eigenvalue weighted by Gasteiger charge is 2.38. The van der Waals surface area contributed by atoms with E-state index < -0.39 is 60.1 Å². The number of aliphatic hydroxyl groups is 1. The molecule has 1 aromatic heterocycles. The van der Waals surface area contributed by atoms with Gasteiger partial charge in [-0.15, -0.1) is 0 Å². The molecule has 6 N–H and O–H groups in total. The van der Waals surface area contributed by atoms with Crippen LogP contribution in [0, 0.1) is 6.92 Å². The Labute approximate surface area is 190 Å². The van der Waals surface area contributed by atoms with Crippen LogP contribution in [0.3, 0.4) is 0 Å². The highest BCUT2D eigenvalue weighted by Crippen LogP contribution is 2.27. The van der Waals surface area contributed by atoms with Crippen LogP contribution < -0.4 is 27.6 Å². The number of aryl methyl sites for hydroxylation is 1. The van der Waals surface area contributed by atoms with Crippen molar-refractivity contribution in [2.45, 2.75) is 57.1 Å². The van der Waals surface area contributed by atoms with Crippen LogP contribution in [0.5, 0.6) is 0 Å². The van der Waals surface area contributed by atoms with Crippen molar-refractivity contribution in [1.82, 2.24) is 20.2 Å². The number of benzene rings is 1. The molecule has 0 unspecified atom stereocenters. The van der Waals surface area contributed by atoms with Crippen molar-refractivity contribution >= 4 is 11.8 Å². The number of H-pyrrole nitrogens is 1. The number of amides is 2. The number of ether oxygens (including phenoxy) is 1. The quantitative estimate of drug-likeness (QED) is 0.326. The Morgan fingerprint density at radius 3 is 2.61 bits per heavy atom. The molecule has 11 nitrogen and oxygen atoms in total. The third-order valence-electron chi connectivity index (χ3n) is 5.53. The van der Waals surface area contributed by atoms with E-state index in [-0.39, 0.29) is 12.8 Å². The fraction of sp³-hybridized carbons (Fsp3) is 0.455. The molecule has 0 aliphatic carbocycles. The smallest absolute Gasteiger partial charge is 0.330 e. The first kappa shape index (κ1) is 24.4. The first-order chi connectivity index (χ1) is 15.7. The molecule has 1 aromatic carbocycles. The van der Waals surface area contributed by atoms with E-state index in [0.29, 0.717) is 5.56 Å². The van der Waals surface area contributed by atoms with Crippen LogP contribution in [0.4, 0.5) is 0 Å². The zero-order valence-electron chi connectivity index (χ0n) is 18.5. The third kappa shape index (κ3) is 5.95. The number of aliphatic hydroxyl groups excluding tert-OH is 1. The average Bonchev–Trinajstić information content (AvgIpc) is 3.18. The van der Waals surface area contributed by atoms with E-state index >= 15 is 0 Å². The minimum atomic E-state index is -0.901. The van der Waals surface area contributed by atoms with Crippen molar-refractivity contribution in [3.8, 4) is 0 Å². The van der Waals surface area contributed by atoms with Crippen LogP contribution in [0.1, 0.15) is 30.7 Å². The Hall–Kier alpha value is -3.28. The lowest BCUT2D eigenvalue weighted by atomic mass is 10.0. The van der Waals surface area contributed by atoms with Crippen molar-refractivity contribution in [3.05, 3.63) is 68.5 Å². The van der Waals surface area contributed by atoms with E-state index in [9.17, 15) is 24.3 Å². The summed E-state index contributed by atoms with van der Waals surface area (Å²) in [4.78, 5) is 51.4. The van der Waals surface area contributed by atoms with Crippen molar-refractivity contribution in [1.29, 1.82) is 0 Å². The predicted octanol–water partition coefficient (Wildman–Crippen LogP) is -1.32. The van der Waals surface area contributed by atoms with Gasteiger partial charge in [-0.05, 0) is 19.4 Å². The lowest BCUT2D eigenvalue weighted by molar-refractivity contribution is -0.130. The molecule has 0 saturated carbocycles. The molecule has 1 aliphatic rings. The van der Waals surface area contributed by atoms with Crippen molar-refractivity contribution in [2.24, 2.45) is 5.73 Å². The highest BCUT2D eigenvalue weighted by atomic mass is 16.5. The molecule has 0 radical (unpaired) electrons. The molecule has 178 valence electrons. The van der Waals surface area contributed by atoms with Crippen LogP contribution in [0.2, 0.25) is 0 Å². The van der Waals surface area contributed by atoms with Gasteiger partial charge in [-0.1, -0.05) is 30.3 Å². The Balaban J connectivity index is 1.77. The fourth-order valence-corrected chi connectivity index (χ4v) is 3.67. The SMILES string of the molecule is Cc1cn([C@H]2C[C@@H](NC(=O)[C@H](Cc3ccccc3)NC(=O)[C@H](C)N)[C@@H](CO)O2)c(=O)[nH]c1=O. The lowest BCUT2D eigenvalue weighted by Crippen LogP contribution is -2.55. The molecule has 5 atom stereocenters. The maximum Gasteiger partial charge on any atom is 0.330 e. The number of nitrogens with one attached hydrogen (secondary N) is 3. The van der Waals surface area contributed by atoms with Crippen LogP contribution in [0.15, 0.2) is 46.1 Å². The van der Waals surface area contributed by atoms with Gasteiger partial charge in [0.25, 0.3) is 5.56 Å². The summed E-state index contributed by atoms with van der Waals surface area (Å²) in [7, 11) is 0. The molecule has 2 amide bonds. The van der Waals surface area contributed by atoms with Gasteiger partial charge in [0.15, 0.2) is 0 Å². The molecule has 1 saturated heterocycles. The maximum absolute atomic E-state index is 13.1. The summed E-state index contributed by atoms with van der Waals surface area (Å²) in [6.45, 7) is 2.68. The van der Waals surface area contributed by atoms with Gasteiger partial charge < -0.3 is 26.2 Å². The monoisotopic (exact) mass is 459 g/mol. The van der Waals surface area contributed by atoms with Crippen LogP contribution in [-0.2, 0) is 20.7 Å². The summed E-state index contributed by atoms with van der Waals surface area (Å²) < 4.78 is 7.00. The number of rotatable bonds is 8. The minimum absolute atomic E-state index is 0.182. The van der Waals surface area contributed by atoms with E-state index in [1.165, 1.54) is 17.7 Å². The van der Waals surface area contributed by atoms with Gasteiger partial charge in [0.05, 0.1) is 18.7 Å². The summed E-state index contributed by atoms with van der Waals surface area (Å²) in [6, 6.07) is 6.87. The zero-order chi connectivity index (χ0) is 24.1. The molecule has 2 heterocycles. The van der Waals surface area contributed by atoms with Gasteiger partial charge >= 0.3 is 5.69 Å². The number of aromatic amines is 1. The summed E-state index contributed by atoms with van der Waals surface area (Å²) in [5.41, 5.74) is 5.68. The number of aromatic nitrogens is 2. The molecule has 1 aliphatic heterocycles. The van der Waals surface area contributed by atoms with Gasteiger partial charge in [0.1, 0.15) is 18.4 Å². The number of carbonyl (C=O) groups is 2. The Kier molecular flexibility index (Phi) is 7.79. The molecule has 11 heteroatoms. The number of hydrogen-bond donors (Lipinski definition) is 5. The second-order valence-corrected chi connectivity index (χ2v) is 8.18. The number of nitrogens with two attached hydrogens (primary N) is 1. The summed E-state index contributed by atoms with van der Waals surface area (Å²) >= 11 is 0. The number of nitrogens with zero attached hydrogens (tertiary/aromatic N) is 1. The van der Waals surface area contributed by atoms with Gasteiger partial charge in [0, 0.05) is 24.6 Å². The van der Waals surface area contributed by atoms with Crippen molar-refractivity contribution in [3.63, 3.8) is 0 Å². The molecule has 0 bridgehead atoms. The first-order valence-corrected chi connectivity index (χ1v) is 10.7. The van der Waals surface area contributed by atoms with Crippen LogP contribution in [0.25, 0.3) is 0 Å². The third-order valence-corrected chi connectivity index (χ3v) is 5.53. The highest BCUT2D eigenvalue weighted by molar-refractivity contribution is 5.89. The minimum Gasteiger partial charge on any atom is -0.394 e. The Morgan fingerprint density at radius 1 is 1.27 bits per heavy atom. The Morgan fingerprint density at radius 2 is 1.97 bits per heavy atom. The zero-order valence-corrected chi connectivity index (χ0v) is 18.5. The standard InChI is InChI=1S/C22H29N5O6/c1-12-10-27(22(32)26-19(12)29)18-9-15(17(11-28)33-18)24-21(31)16(25-20(30)13(2)23)8-14-6-4-3-5-7-14/h3-7,10,13,15-18,28H,8-9,11,23H2,1-2H3,(H,24,31)(H,25,30)(H,26,29,32)/t13-,15+,16-,17+,18+/m0/s1. The maximum atomic E-state index is 13.1. The predicted molar refractivity (Wildman–Crippen MR) is 119 cm³/mol. The van der Waals surface area contributed by atoms with Crippen molar-refractivity contribution < 1.29 is 19.4 Å². The first-order valence-electron chi connectivity index (χ1n) is 10.7. The van der Waals surface area contributed by atoms with Crippen LogP contribution >= 0.6 is 0 Å². The van der Waals surface area contributed by atoms with Crippen molar-refractivity contribution in [2.75, 3.05) is 6.61 Å². The molecular weight excluding hydrogens is 430 g/mol. The normalized spacial score (nSPS) is 21.9. The van der Waals surface area contributed by atoms with Gasteiger partial charge in [-0.2, -0.15) is 0 Å². The topological polar surface area (TPSA) is 169 Å². The van der Waals surface area contributed by atoms with E-state index in [2.05, 4.69) is 15.6 Å². The van der Waals surface area contributed by atoms with Crippen LogP contribution in [-0.4, -0.2) is 57.3 Å². The van der Waals surface area contributed by atoms with E-state index in [1.807, 2.05) is 30.3 Å². The number of hydrogen-bond acceptors (Lipinski definition) is 7. The number of carbonyl (C=O) groups excluding carboxylic acids is 2. The van der Waals surface area contributed by atoms with Gasteiger partial charge in [0.2, 0.25) is 11.8 Å². The van der Waals surface area contributed by atoms with Gasteiger partial charge in [-0.25, -0.2) is 4.79 Å². The van der Waals surface area contributed by atoms with E-state index in [4.69, 9.17) is 10.5 Å². The largest absolute Gasteiger partial charge is 0.394 e. The summed E-state index contributed by atoms with van der Waals surface area (Å²) in [5.74, 6) is -0.939. The fourth-order valence-electron chi connectivity index (χ4n) is 3.67. The van der Waals surface area contributed by atoms with Gasteiger partial charge in [-0.3, -0.25) is 23.9 Å². The molecule has 1 fully saturated rings. The molecule has 0 spiro atoms. The molecule has 2 aromatic rings. The second kappa shape index (κ2) is 10.6. The second-order valence-electron chi connectivity index (χ2n) is 8.18. The van der Waals surface area contributed by atoms with E-state index in [0.717, 1.165) is 5.56 Å². The lowest BCUT2D eigenvalue weighted by Gasteiger charge is -2.23. The summed E-state index contributed by atoms with van der Waals surface area (Å²) in [5, 5.41) is 15.3. The molecular formula is C22H29N5O6. The molecule has 33 heavy (non-hydrogen) atoms. The molecule has 3 rings (SSSR count). The van der Waals surface area contributed by atoms with E-state index in [1.54, 1.807) is 6.92 Å².